The Hall–Kier alpha value is -4.06. The molecule has 2 aliphatic heterocycles. The lowest BCUT2D eigenvalue weighted by molar-refractivity contribution is -0.122. The van der Waals surface area contributed by atoms with Gasteiger partial charge in [-0.3, -0.25) is 9.59 Å². The van der Waals surface area contributed by atoms with Crippen molar-refractivity contribution in [3.63, 3.8) is 0 Å². The Kier molecular flexibility index (Phi) is 6.28. The molecule has 3 aromatic carbocycles. The van der Waals surface area contributed by atoms with Gasteiger partial charge in [-0.25, -0.2) is 10.0 Å². The number of hydrazone groups is 2. The molecule has 2 heterocycles. The van der Waals surface area contributed by atoms with Crippen molar-refractivity contribution < 1.29 is 9.59 Å². The van der Waals surface area contributed by atoms with Gasteiger partial charge in [0.25, 0.3) is 11.8 Å². The number of benzene rings is 3. The van der Waals surface area contributed by atoms with Crippen molar-refractivity contribution in [2.75, 3.05) is 10.0 Å². The molecule has 5 rings (SSSR count). The van der Waals surface area contributed by atoms with Crippen molar-refractivity contribution in [1.82, 2.24) is 0 Å². The molecule has 0 fully saturated rings. The summed E-state index contributed by atoms with van der Waals surface area (Å²) in [5.74, 6) is -1.84. The average molecular weight is 493 g/mol. The Bertz CT molecular complexity index is 1370. The van der Waals surface area contributed by atoms with Gasteiger partial charge in [-0.2, -0.15) is 10.2 Å². The van der Waals surface area contributed by atoms with Crippen molar-refractivity contribution in [3.8, 4) is 0 Å². The second kappa shape index (κ2) is 9.43. The molecule has 0 radical (unpaired) electrons. The number of carbonyl (C=O) groups is 2. The van der Waals surface area contributed by atoms with Crippen LogP contribution in [0.5, 0.6) is 0 Å². The summed E-state index contributed by atoms with van der Waals surface area (Å²) in [5.41, 5.74) is 8.30. The molecule has 0 N–H and O–H groups in total. The van der Waals surface area contributed by atoms with E-state index in [1.807, 2.05) is 108 Å². The van der Waals surface area contributed by atoms with Gasteiger partial charge < -0.3 is 0 Å². The summed E-state index contributed by atoms with van der Waals surface area (Å²) in [7, 11) is 0. The maximum Gasteiger partial charge on any atom is 0.256 e. The molecule has 2 unspecified atom stereocenters. The minimum Gasteiger partial charge on any atom is -0.272 e. The molecule has 0 aromatic heterocycles. The predicted molar refractivity (Wildman–Crippen MR) is 149 cm³/mol. The molecular weight excluding hydrogens is 460 g/mol. The second-order valence-corrected chi connectivity index (χ2v) is 10.2. The minimum atomic E-state index is -0.581. The molecule has 2 aliphatic rings. The van der Waals surface area contributed by atoms with E-state index in [-0.39, 0.29) is 11.8 Å². The minimum absolute atomic E-state index is 0.125. The molecule has 0 saturated heterocycles. The van der Waals surface area contributed by atoms with Gasteiger partial charge in [0, 0.05) is 17.3 Å². The fourth-order valence-corrected chi connectivity index (χ4v) is 5.32. The van der Waals surface area contributed by atoms with Crippen LogP contribution in [0, 0.1) is 39.5 Å². The highest BCUT2D eigenvalue weighted by molar-refractivity contribution is 6.19. The fourth-order valence-electron chi connectivity index (χ4n) is 5.32. The summed E-state index contributed by atoms with van der Waals surface area (Å²) < 4.78 is 0. The molecule has 2 amide bonds. The van der Waals surface area contributed by atoms with Crippen LogP contribution in [0.2, 0.25) is 0 Å². The normalized spacial score (nSPS) is 20.4. The standard InChI is InChI=1S/C31H32N4O2/c1-18-12-14-25(16-20(18)3)34-30(36)27(22(5)32-34)29(24-10-8-7-9-11-24)28-23(6)33-35(31(28)37)26-15-13-19(2)21(4)17-26/h7-17,27-29H,1-6H3. The number of aryl methyl sites for hydroxylation is 4. The molecular formula is C31H32N4O2. The Balaban J connectivity index is 1.55. The molecule has 3 aromatic rings. The molecule has 6 nitrogen and oxygen atoms in total. The first-order valence-corrected chi connectivity index (χ1v) is 12.6. The topological polar surface area (TPSA) is 65.3 Å². The Labute approximate surface area is 218 Å². The summed E-state index contributed by atoms with van der Waals surface area (Å²) in [6.45, 7) is 11.9. The first kappa shape index (κ1) is 24.6. The maximum atomic E-state index is 14.0. The van der Waals surface area contributed by atoms with E-state index in [0.717, 1.165) is 39.2 Å². The lowest BCUT2D eigenvalue weighted by Crippen LogP contribution is -2.40. The molecule has 188 valence electrons. The van der Waals surface area contributed by atoms with Crippen molar-refractivity contribution in [1.29, 1.82) is 0 Å². The molecule has 37 heavy (non-hydrogen) atoms. The fraction of sp³-hybridized carbons (Fsp3) is 0.290. The Morgan fingerprint density at radius 1 is 0.595 bits per heavy atom. The molecule has 0 aliphatic carbocycles. The predicted octanol–water partition coefficient (Wildman–Crippen LogP) is 6.08. The zero-order valence-electron chi connectivity index (χ0n) is 22.2. The summed E-state index contributed by atoms with van der Waals surface area (Å²) in [5, 5.41) is 12.4. The number of carbonyl (C=O) groups excluding carboxylic acids is 2. The van der Waals surface area contributed by atoms with Crippen LogP contribution in [0.3, 0.4) is 0 Å². The van der Waals surface area contributed by atoms with Gasteiger partial charge in [0.05, 0.1) is 23.2 Å². The smallest absolute Gasteiger partial charge is 0.256 e. The van der Waals surface area contributed by atoms with E-state index in [9.17, 15) is 9.59 Å². The summed E-state index contributed by atoms with van der Waals surface area (Å²) >= 11 is 0. The van der Waals surface area contributed by atoms with Crippen LogP contribution in [0.1, 0.15) is 47.6 Å². The third kappa shape index (κ3) is 4.26. The van der Waals surface area contributed by atoms with Crippen molar-refractivity contribution in [2.24, 2.45) is 22.0 Å². The zero-order valence-corrected chi connectivity index (χ0v) is 22.2. The molecule has 0 saturated carbocycles. The molecule has 2 atom stereocenters. The van der Waals surface area contributed by atoms with Crippen LogP contribution in [0.15, 0.2) is 76.9 Å². The van der Waals surface area contributed by atoms with Crippen LogP contribution in [0.25, 0.3) is 0 Å². The van der Waals surface area contributed by atoms with E-state index < -0.39 is 17.8 Å². The Morgan fingerprint density at radius 3 is 1.43 bits per heavy atom. The Morgan fingerprint density at radius 2 is 1.03 bits per heavy atom. The highest BCUT2D eigenvalue weighted by Crippen LogP contribution is 2.42. The van der Waals surface area contributed by atoms with E-state index in [0.29, 0.717) is 11.4 Å². The van der Waals surface area contributed by atoms with Gasteiger partial charge in [0.1, 0.15) is 0 Å². The van der Waals surface area contributed by atoms with E-state index in [4.69, 9.17) is 10.2 Å². The van der Waals surface area contributed by atoms with Crippen LogP contribution >= 0.6 is 0 Å². The maximum absolute atomic E-state index is 14.0. The second-order valence-electron chi connectivity index (χ2n) is 10.2. The average Bonchev–Trinajstić information content (AvgIpc) is 3.34. The van der Waals surface area contributed by atoms with Crippen molar-refractivity contribution in [2.45, 2.75) is 47.5 Å². The first-order chi connectivity index (χ1) is 17.7. The van der Waals surface area contributed by atoms with Crippen LogP contribution in [-0.2, 0) is 9.59 Å². The third-order valence-corrected chi connectivity index (χ3v) is 7.74. The van der Waals surface area contributed by atoms with Crippen molar-refractivity contribution >= 4 is 34.6 Å². The van der Waals surface area contributed by atoms with Gasteiger partial charge >= 0.3 is 0 Å². The van der Waals surface area contributed by atoms with Gasteiger partial charge in [-0.05, 0) is 93.6 Å². The monoisotopic (exact) mass is 492 g/mol. The number of rotatable bonds is 5. The largest absolute Gasteiger partial charge is 0.272 e. The van der Waals surface area contributed by atoms with Crippen LogP contribution in [-0.4, -0.2) is 23.2 Å². The summed E-state index contributed by atoms with van der Waals surface area (Å²) in [6, 6.07) is 21.6. The molecule has 6 heteroatoms. The van der Waals surface area contributed by atoms with E-state index in [1.165, 1.54) is 10.0 Å². The van der Waals surface area contributed by atoms with Crippen LogP contribution in [0.4, 0.5) is 11.4 Å². The van der Waals surface area contributed by atoms with Gasteiger partial charge in [0.2, 0.25) is 0 Å². The number of anilines is 2. The van der Waals surface area contributed by atoms with E-state index in [2.05, 4.69) is 0 Å². The van der Waals surface area contributed by atoms with Gasteiger partial charge in [0.15, 0.2) is 0 Å². The highest BCUT2D eigenvalue weighted by atomic mass is 16.2. The summed E-state index contributed by atoms with van der Waals surface area (Å²) in [4.78, 5) is 28.0. The van der Waals surface area contributed by atoms with Gasteiger partial charge in [-0.15, -0.1) is 0 Å². The third-order valence-electron chi connectivity index (χ3n) is 7.74. The molecule has 0 bridgehead atoms. The summed E-state index contributed by atoms with van der Waals surface area (Å²) in [6.07, 6.45) is 0. The number of nitrogens with zero attached hydrogens (tertiary/aromatic N) is 4. The van der Waals surface area contributed by atoms with Gasteiger partial charge in [-0.1, -0.05) is 42.5 Å². The van der Waals surface area contributed by atoms with Crippen LogP contribution < -0.4 is 10.0 Å². The van der Waals surface area contributed by atoms with E-state index in [1.54, 1.807) is 0 Å². The van der Waals surface area contributed by atoms with Crippen molar-refractivity contribution in [3.05, 3.63) is 94.5 Å². The van der Waals surface area contributed by atoms with E-state index >= 15 is 0 Å². The lowest BCUT2D eigenvalue weighted by Gasteiger charge is -2.28. The number of amides is 2. The highest BCUT2D eigenvalue weighted by Gasteiger charge is 2.50. The SMILES string of the molecule is CC1=NN(c2ccc(C)c(C)c2)C(=O)C1C(c1ccccc1)C1C(=O)N(c2ccc(C)c(C)c2)N=C1C. The zero-order chi connectivity index (χ0) is 26.4. The first-order valence-electron chi connectivity index (χ1n) is 12.6. The quantitative estimate of drug-likeness (QED) is 0.433. The lowest BCUT2D eigenvalue weighted by atomic mass is 9.73. The number of hydrogen-bond donors (Lipinski definition) is 0. The molecule has 0 spiro atoms. The number of hydrogen-bond acceptors (Lipinski definition) is 4.